The standard InChI is InChI=1S/C18H30O3S/c1-2-3-4-5-6-7-8-9-10-11-12-17-13-15-18(16-14-17)22(19,20)21/h13-16H,2-12H2,1H3,(H,19,20,21)/i13D,14D,15D,16D/hD. The van der Waals surface area contributed by atoms with Gasteiger partial charge in [0.05, 0.1) is 10.4 Å². The molecular formula is C18H30O3S. The smallest absolute Gasteiger partial charge is 0.282 e. The Hall–Kier alpha value is -0.870. The number of rotatable bonds is 13. The van der Waals surface area contributed by atoms with Gasteiger partial charge in [-0.2, -0.15) is 8.42 Å². The molecule has 1 aromatic carbocycles. The first-order valence-corrected chi connectivity index (χ1v) is 9.67. The quantitative estimate of drug-likeness (QED) is 0.389. The second-order valence-electron chi connectivity index (χ2n) is 5.69. The van der Waals surface area contributed by atoms with Crippen molar-refractivity contribution >= 4 is 10.1 Å². The predicted octanol–water partition coefficient (Wildman–Crippen LogP) is 5.40. The molecule has 0 unspecified atom stereocenters. The summed E-state index contributed by atoms with van der Waals surface area (Å²) in [5, 5.41) is 0. The maximum atomic E-state index is 11.7. The van der Waals surface area contributed by atoms with E-state index >= 15 is 0 Å². The Bertz CT molecular complexity index is 678. The van der Waals surface area contributed by atoms with Crippen LogP contribution in [0.2, 0.25) is 0 Å². The van der Waals surface area contributed by atoms with Crippen molar-refractivity contribution in [3.8, 4) is 0 Å². The van der Waals surface area contributed by atoms with Gasteiger partial charge in [0.1, 0.15) is 0 Å². The molecular weight excluding hydrogens is 296 g/mol. The highest BCUT2D eigenvalue weighted by molar-refractivity contribution is 7.85. The highest BCUT2D eigenvalue weighted by atomic mass is 32.2. The summed E-state index contributed by atoms with van der Waals surface area (Å²) in [6.07, 6.45) is 11.9. The van der Waals surface area contributed by atoms with Gasteiger partial charge in [0.25, 0.3) is 10.1 Å². The largest absolute Gasteiger partial charge is 0.294 e. The molecule has 4 heteroatoms. The summed E-state index contributed by atoms with van der Waals surface area (Å²) in [6.45, 7) is 2.20. The van der Waals surface area contributed by atoms with Gasteiger partial charge in [-0.05, 0) is 30.5 Å². The van der Waals surface area contributed by atoms with Crippen LogP contribution in [0.5, 0.6) is 0 Å². The van der Waals surface area contributed by atoms with Crippen molar-refractivity contribution in [2.75, 3.05) is 0 Å². The molecule has 22 heavy (non-hydrogen) atoms. The van der Waals surface area contributed by atoms with E-state index in [0.29, 0.717) is 6.42 Å². The Labute approximate surface area is 143 Å². The van der Waals surface area contributed by atoms with Gasteiger partial charge in [0.2, 0.25) is 1.43 Å². The Morgan fingerprint density at radius 2 is 1.41 bits per heavy atom. The molecule has 0 radical (unpaired) electrons. The van der Waals surface area contributed by atoms with E-state index < -0.39 is 27.1 Å². The number of hydrogen-bond donors (Lipinski definition) is 1. The fraction of sp³-hybridized carbons (Fsp3) is 0.667. The van der Waals surface area contributed by atoms with Crippen LogP contribution in [0, 0.1) is 0 Å². The van der Waals surface area contributed by atoms with Crippen LogP contribution in [-0.4, -0.2) is 13.0 Å². The molecule has 126 valence electrons. The van der Waals surface area contributed by atoms with E-state index in [4.69, 9.17) is 6.91 Å². The summed E-state index contributed by atoms with van der Waals surface area (Å²) in [5.74, 6) is 0. The van der Waals surface area contributed by atoms with Crippen molar-refractivity contribution in [1.29, 1.82) is 1.43 Å². The first kappa shape index (κ1) is 12.5. The van der Waals surface area contributed by atoms with Crippen LogP contribution in [0.25, 0.3) is 1.43 Å². The normalized spacial score (nSPS) is 14.9. The lowest BCUT2D eigenvalue weighted by Crippen LogP contribution is -1.98. The van der Waals surface area contributed by atoms with Gasteiger partial charge >= 0.3 is 0 Å². The van der Waals surface area contributed by atoms with Gasteiger partial charge < -0.3 is 0 Å². The van der Waals surface area contributed by atoms with E-state index in [9.17, 15) is 8.42 Å². The van der Waals surface area contributed by atoms with Crippen molar-refractivity contribution in [2.45, 2.75) is 82.4 Å². The number of benzene rings is 1. The maximum Gasteiger partial charge on any atom is 0.294 e. The van der Waals surface area contributed by atoms with Crippen molar-refractivity contribution < 1.29 is 18.5 Å². The predicted molar refractivity (Wildman–Crippen MR) is 91.8 cm³/mol. The minimum Gasteiger partial charge on any atom is -0.282 e. The zero-order valence-electron chi connectivity index (χ0n) is 18.4. The maximum absolute atomic E-state index is 11.7. The number of unbranched alkanes of at least 4 members (excludes halogenated alkanes) is 9. The van der Waals surface area contributed by atoms with Crippen molar-refractivity contribution in [3.63, 3.8) is 0 Å². The van der Waals surface area contributed by atoms with E-state index in [2.05, 4.69) is 11.5 Å². The van der Waals surface area contributed by atoms with Gasteiger partial charge in [-0.3, -0.25) is 4.56 Å². The molecule has 0 fully saturated rings. The fourth-order valence-electron chi connectivity index (χ4n) is 2.37. The molecule has 0 aliphatic rings. The molecule has 1 N–H and O–H groups in total. The van der Waals surface area contributed by atoms with Crippen molar-refractivity contribution in [3.05, 3.63) is 29.7 Å². The topological polar surface area (TPSA) is 54.4 Å². The van der Waals surface area contributed by atoms with E-state index in [-0.39, 0.29) is 17.6 Å². The fourth-order valence-corrected chi connectivity index (χ4v) is 2.72. The molecule has 0 aromatic heterocycles. The second kappa shape index (κ2) is 10.8. The van der Waals surface area contributed by atoms with E-state index in [1.54, 1.807) is 0 Å². The summed E-state index contributed by atoms with van der Waals surface area (Å²) in [4.78, 5) is -0.876. The molecule has 0 atom stereocenters. The lowest BCUT2D eigenvalue weighted by Gasteiger charge is -2.04. The van der Waals surface area contributed by atoms with Gasteiger partial charge in [-0.25, -0.2) is 0 Å². The summed E-state index contributed by atoms with van der Waals surface area (Å²) in [7, 11) is -4.61. The Kier molecular flexibility index (Phi) is 6.15. The highest BCUT2D eigenvalue weighted by Gasteiger charge is 2.08. The molecule has 0 heterocycles. The minimum absolute atomic E-state index is 0.216. The molecule has 0 amide bonds. The first-order chi connectivity index (χ1) is 12.8. The second-order valence-corrected chi connectivity index (χ2v) is 7.01. The molecule has 3 nitrogen and oxygen atoms in total. The average Bonchev–Trinajstić information content (AvgIpc) is 2.64. The third-order valence-electron chi connectivity index (χ3n) is 3.68. The van der Waals surface area contributed by atoms with Crippen molar-refractivity contribution in [2.24, 2.45) is 0 Å². The van der Waals surface area contributed by atoms with Crippen LogP contribution in [-0.2, 0) is 16.5 Å². The zero-order chi connectivity index (χ0) is 20.4. The van der Waals surface area contributed by atoms with Crippen molar-refractivity contribution in [1.82, 2.24) is 0 Å². The Morgan fingerprint density at radius 3 is 1.91 bits per heavy atom. The highest BCUT2D eigenvalue weighted by Crippen LogP contribution is 2.14. The lowest BCUT2D eigenvalue weighted by atomic mass is 10.0. The molecule has 1 aromatic rings. The summed E-state index contributed by atoms with van der Waals surface area (Å²) in [6, 6.07) is -2.10. The van der Waals surface area contributed by atoms with Gasteiger partial charge in [0.15, 0.2) is 0 Å². The zero-order valence-corrected chi connectivity index (χ0v) is 14.2. The van der Waals surface area contributed by atoms with E-state index in [1.165, 1.54) is 38.5 Å². The van der Waals surface area contributed by atoms with E-state index in [0.717, 1.165) is 25.7 Å². The lowest BCUT2D eigenvalue weighted by molar-refractivity contribution is 0.483. The van der Waals surface area contributed by atoms with Crippen LogP contribution in [0.3, 0.4) is 0 Å². The molecule has 1 rings (SSSR count). The SMILES string of the molecule is [2H]OS(=O)(=O)c1c([2H])c([2H])c(CCCCCCCCCCCC)c([2H])c1[2H]. The third kappa shape index (κ3) is 8.54. The summed E-state index contributed by atoms with van der Waals surface area (Å²) in [5.41, 5.74) is 0.216. The molecule has 0 saturated carbocycles. The molecule has 0 spiro atoms. The van der Waals surface area contributed by atoms with Gasteiger partial charge in [0, 0.05) is 0 Å². The average molecular weight is 332 g/mol. The number of hydrogen-bond acceptors (Lipinski definition) is 3. The van der Waals surface area contributed by atoms with Crippen LogP contribution >= 0.6 is 0 Å². The molecule has 0 bridgehead atoms. The minimum atomic E-state index is -4.61. The van der Waals surface area contributed by atoms with Crippen LogP contribution in [0.1, 0.15) is 82.2 Å². The molecule has 0 saturated heterocycles. The Balaban J connectivity index is 2.58. The first-order valence-electron chi connectivity index (χ1n) is 10.7. The monoisotopic (exact) mass is 331 g/mol. The molecule has 0 aliphatic heterocycles. The summed E-state index contributed by atoms with van der Waals surface area (Å²) >= 11 is 0. The van der Waals surface area contributed by atoms with Crippen LogP contribution in [0.15, 0.2) is 29.1 Å². The van der Waals surface area contributed by atoms with Crippen LogP contribution in [0.4, 0.5) is 0 Å². The van der Waals surface area contributed by atoms with Crippen LogP contribution < -0.4 is 0 Å². The molecule has 0 aliphatic carbocycles. The van der Waals surface area contributed by atoms with Gasteiger partial charge in [-0.15, -0.1) is 0 Å². The Morgan fingerprint density at radius 1 is 0.909 bits per heavy atom. The third-order valence-corrected chi connectivity index (χ3v) is 4.39. The van der Waals surface area contributed by atoms with Gasteiger partial charge in [-0.1, -0.05) is 76.8 Å². The summed E-state index contributed by atoms with van der Waals surface area (Å²) < 4.78 is 65.2. The van der Waals surface area contributed by atoms with E-state index in [1.807, 2.05) is 0 Å².